The molecule has 0 unspecified atom stereocenters. The van der Waals surface area contributed by atoms with Gasteiger partial charge in [0.2, 0.25) is 0 Å². The molecule has 2 fully saturated rings. The maximum absolute atomic E-state index is 13.1. The number of alkyl halides is 3. The number of phenols is 1. The van der Waals surface area contributed by atoms with Crippen molar-refractivity contribution in [3.63, 3.8) is 0 Å². The lowest BCUT2D eigenvalue weighted by molar-refractivity contribution is -0.173. The average molecular weight is 521 g/mol. The first-order chi connectivity index (χ1) is 18.2. The van der Waals surface area contributed by atoms with E-state index in [9.17, 15) is 23.4 Å². The molecular formula is C30H27F3N2O3. The number of halogens is 3. The summed E-state index contributed by atoms with van der Waals surface area (Å²) in [5, 5.41) is 23.6. The number of hydrogen-bond acceptors (Lipinski definition) is 5. The van der Waals surface area contributed by atoms with E-state index in [1.165, 1.54) is 25.0 Å². The number of aromatic nitrogens is 1. The van der Waals surface area contributed by atoms with Crippen LogP contribution in [0.1, 0.15) is 53.3 Å². The largest absolute Gasteiger partial charge is 0.504 e. The molecule has 3 heterocycles. The van der Waals surface area contributed by atoms with E-state index in [4.69, 9.17) is 9.72 Å². The average Bonchev–Trinajstić information content (AvgIpc) is 3.63. The van der Waals surface area contributed by atoms with Crippen molar-refractivity contribution in [1.82, 2.24) is 9.88 Å². The van der Waals surface area contributed by atoms with Gasteiger partial charge in [-0.3, -0.25) is 9.88 Å². The Kier molecular flexibility index (Phi) is 4.39. The number of phenolic OH excluding ortho intramolecular Hbond substituents is 1. The number of likely N-dealkylation sites (tertiary alicyclic amines) is 1. The first-order valence-electron chi connectivity index (χ1n) is 13.3. The standard InChI is InChI=1S/C30H27F3N2O3/c31-30(32,33)21-6-3-17(4-7-21)20-11-19-13-29(37)23-12-18-5-8-22(36)26-24(18)28(29,27(38-26)25(19)34-14-20)9-10-35(23)15-16-1-2-16/h3-8,11,14,16,23,27,36-37H,1-2,9-10,12-13,15H2/t23-,27+,28+,29-/m1/s1. The van der Waals surface area contributed by atoms with Crippen molar-refractivity contribution < 1.29 is 28.1 Å². The minimum atomic E-state index is -4.39. The molecule has 196 valence electrons. The van der Waals surface area contributed by atoms with E-state index in [1.54, 1.807) is 12.3 Å². The topological polar surface area (TPSA) is 65.8 Å². The summed E-state index contributed by atoms with van der Waals surface area (Å²) in [6.07, 6.45) is 0.989. The molecule has 0 radical (unpaired) electrons. The number of aliphatic hydroxyl groups is 1. The molecule has 1 spiro atoms. The second-order valence-electron chi connectivity index (χ2n) is 11.8. The Morgan fingerprint density at radius 3 is 2.58 bits per heavy atom. The van der Waals surface area contributed by atoms with Crippen LogP contribution in [0.3, 0.4) is 0 Å². The van der Waals surface area contributed by atoms with Gasteiger partial charge in [0.15, 0.2) is 17.6 Å². The van der Waals surface area contributed by atoms with Gasteiger partial charge in [0, 0.05) is 36.3 Å². The molecule has 8 heteroatoms. The SMILES string of the molecule is Oc1ccc2c3c1O[C@H]1c4ncc(-c5ccc(C(F)(F)F)cc5)cc4C[C@@]4(O)[C@@H](C2)N(CC2CC2)CC[C@]314. The molecule has 2 bridgehead atoms. The van der Waals surface area contributed by atoms with Crippen molar-refractivity contribution in [2.75, 3.05) is 13.1 Å². The molecule has 2 aromatic carbocycles. The van der Waals surface area contributed by atoms with Crippen molar-refractivity contribution in [2.24, 2.45) is 5.92 Å². The monoisotopic (exact) mass is 520 g/mol. The van der Waals surface area contributed by atoms with Crippen LogP contribution in [0.5, 0.6) is 11.5 Å². The van der Waals surface area contributed by atoms with Gasteiger partial charge in [-0.25, -0.2) is 0 Å². The van der Waals surface area contributed by atoms with E-state index in [0.717, 1.165) is 47.6 Å². The number of nitrogens with zero attached hydrogens (tertiary/aromatic N) is 2. The summed E-state index contributed by atoms with van der Waals surface area (Å²) < 4.78 is 45.8. The van der Waals surface area contributed by atoms with Crippen LogP contribution in [-0.2, 0) is 24.4 Å². The minimum absolute atomic E-state index is 0.0802. The number of aromatic hydroxyl groups is 1. The third-order valence-corrected chi connectivity index (χ3v) is 9.77. The smallest absolute Gasteiger partial charge is 0.416 e. The van der Waals surface area contributed by atoms with Crippen molar-refractivity contribution in [2.45, 2.75) is 61.4 Å². The van der Waals surface area contributed by atoms with Crippen molar-refractivity contribution in [3.8, 4) is 22.6 Å². The predicted molar refractivity (Wildman–Crippen MR) is 133 cm³/mol. The van der Waals surface area contributed by atoms with Crippen LogP contribution in [0.25, 0.3) is 11.1 Å². The van der Waals surface area contributed by atoms with E-state index in [-0.39, 0.29) is 11.8 Å². The lowest BCUT2D eigenvalue weighted by Crippen LogP contribution is -2.74. The van der Waals surface area contributed by atoms with Gasteiger partial charge in [0.1, 0.15) is 0 Å². The Morgan fingerprint density at radius 1 is 1.05 bits per heavy atom. The summed E-state index contributed by atoms with van der Waals surface area (Å²) in [5.74, 6) is 1.22. The molecule has 1 saturated heterocycles. The second-order valence-corrected chi connectivity index (χ2v) is 11.8. The summed E-state index contributed by atoms with van der Waals surface area (Å²) in [4.78, 5) is 7.27. The highest BCUT2D eigenvalue weighted by Gasteiger charge is 2.72. The number of pyridine rings is 1. The summed E-state index contributed by atoms with van der Waals surface area (Å²) in [5.41, 5.74) is 2.47. The first kappa shape index (κ1) is 22.8. The van der Waals surface area contributed by atoms with Gasteiger partial charge < -0.3 is 14.9 Å². The zero-order chi connectivity index (χ0) is 26.0. The van der Waals surface area contributed by atoms with Crippen LogP contribution in [0.15, 0.2) is 48.7 Å². The molecule has 38 heavy (non-hydrogen) atoms. The van der Waals surface area contributed by atoms with Crippen LogP contribution < -0.4 is 4.74 Å². The lowest BCUT2D eigenvalue weighted by Gasteiger charge is -2.63. The maximum Gasteiger partial charge on any atom is 0.416 e. The highest BCUT2D eigenvalue weighted by Crippen LogP contribution is 2.68. The van der Waals surface area contributed by atoms with Crippen LogP contribution in [-0.4, -0.2) is 44.8 Å². The fourth-order valence-corrected chi connectivity index (χ4v) is 7.85. The molecule has 1 saturated carbocycles. The van der Waals surface area contributed by atoms with Gasteiger partial charge in [-0.2, -0.15) is 13.2 Å². The number of benzene rings is 2. The first-order valence-corrected chi connectivity index (χ1v) is 13.3. The zero-order valence-corrected chi connectivity index (χ0v) is 20.6. The summed E-state index contributed by atoms with van der Waals surface area (Å²) in [7, 11) is 0. The maximum atomic E-state index is 13.1. The molecule has 2 aliphatic heterocycles. The molecule has 8 rings (SSSR count). The molecule has 1 aromatic heterocycles. The lowest BCUT2D eigenvalue weighted by atomic mass is 9.49. The van der Waals surface area contributed by atoms with Crippen LogP contribution >= 0.6 is 0 Å². The predicted octanol–water partition coefficient (Wildman–Crippen LogP) is 5.17. The van der Waals surface area contributed by atoms with Gasteiger partial charge in [0.25, 0.3) is 0 Å². The molecule has 5 nitrogen and oxygen atoms in total. The van der Waals surface area contributed by atoms with E-state index in [2.05, 4.69) is 4.90 Å². The van der Waals surface area contributed by atoms with E-state index < -0.39 is 28.9 Å². The third kappa shape index (κ3) is 2.88. The fraction of sp³-hybridized carbons (Fsp3) is 0.433. The molecule has 5 aliphatic rings. The van der Waals surface area contributed by atoms with Gasteiger partial charge in [-0.1, -0.05) is 18.2 Å². The fourth-order valence-electron chi connectivity index (χ4n) is 7.85. The summed E-state index contributed by atoms with van der Waals surface area (Å²) in [6, 6.07) is 10.6. The van der Waals surface area contributed by atoms with E-state index in [0.29, 0.717) is 42.1 Å². The number of fused-ring (bicyclic) bond motifs is 2. The van der Waals surface area contributed by atoms with Crippen LogP contribution in [0.2, 0.25) is 0 Å². The van der Waals surface area contributed by atoms with Gasteiger partial charge in [-0.05, 0) is 79.1 Å². The van der Waals surface area contributed by atoms with Gasteiger partial charge in [0.05, 0.1) is 22.3 Å². The second kappa shape index (κ2) is 7.30. The summed E-state index contributed by atoms with van der Waals surface area (Å²) >= 11 is 0. The number of rotatable bonds is 3. The third-order valence-electron chi connectivity index (χ3n) is 9.77. The quantitative estimate of drug-likeness (QED) is 0.499. The zero-order valence-electron chi connectivity index (χ0n) is 20.6. The Hall–Kier alpha value is -3.10. The van der Waals surface area contributed by atoms with E-state index >= 15 is 0 Å². The number of piperidine rings is 1. The van der Waals surface area contributed by atoms with Gasteiger partial charge in [-0.15, -0.1) is 0 Å². The number of hydrogen-bond donors (Lipinski definition) is 2. The van der Waals surface area contributed by atoms with Crippen molar-refractivity contribution in [1.29, 1.82) is 0 Å². The normalized spacial score (nSPS) is 30.9. The van der Waals surface area contributed by atoms with E-state index in [1.807, 2.05) is 12.1 Å². The van der Waals surface area contributed by atoms with Crippen molar-refractivity contribution in [3.05, 3.63) is 76.6 Å². The Balaban J connectivity index is 1.27. The molecular weight excluding hydrogens is 493 g/mol. The summed E-state index contributed by atoms with van der Waals surface area (Å²) in [6.45, 7) is 1.84. The Labute approximate surface area is 217 Å². The minimum Gasteiger partial charge on any atom is -0.504 e. The molecule has 3 aromatic rings. The van der Waals surface area contributed by atoms with Crippen LogP contribution in [0.4, 0.5) is 13.2 Å². The number of ether oxygens (including phenoxy) is 1. The highest BCUT2D eigenvalue weighted by atomic mass is 19.4. The Bertz CT molecular complexity index is 1490. The molecule has 4 atom stereocenters. The molecule has 3 aliphatic carbocycles. The van der Waals surface area contributed by atoms with Crippen molar-refractivity contribution >= 4 is 0 Å². The molecule has 0 amide bonds. The highest BCUT2D eigenvalue weighted by molar-refractivity contribution is 5.67. The van der Waals surface area contributed by atoms with Crippen LogP contribution in [0, 0.1) is 5.92 Å². The Morgan fingerprint density at radius 2 is 1.84 bits per heavy atom. The molecule has 2 N–H and O–H groups in total. The van der Waals surface area contributed by atoms with Gasteiger partial charge >= 0.3 is 6.18 Å².